The number of ether oxygens (including phenoxy) is 1. The lowest BCUT2D eigenvalue weighted by atomic mass is 10.1. The number of halogens is 1. The molecular weight excluding hydrogens is 392 g/mol. The molecule has 2 heterocycles. The number of amides is 2. The van der Waals surface area contributed by atoms with Crippen molar-refractivity contribution >= 4 is 34.9 Å². The van der Waals surface area contributed by atoms with Gasteiger partial charge in [-0.25, -0.2) is 4.68 Å². The number of anilines is 2. The van der Waals surface area contributed by atoms with E-state index in [0.717, 1.165) is 16.8 Å². The zero-order chi connectivity index (χ0) is 20.5. The van der Waals surface area contributed by atoms with Gasteiger partial charge in [0.05, 0.1) is 24.9 Å². The number of aromatic nitrogens is 2. The molecule has 4 rings (SSSR count). The van der Waals surface area contributed by atoms with Gasteiger partial charge in [-0.05, 0) is 36.8 Å². The van der Waals surface area contributed by atoms with Crippen molar-refractivity contribution in [1.82, 2.24) is 9.78 Å². The van der Waals surface area contributed by atoms with E-state index in [1.807, 2.05) is 31.2 Å². The molecule has 2 aromatic carbocycles. The van der Waals surface area contributed by atoms with Crippen LogP contribution in [0.2, 0.25) is 5.02 Å². The number of hydrogen-bond donors (Lipinski definition) is 2. The molecule has 1 atom stereocenters. The summed E-state index contributed by atoms with van der Waals surface area (Å²) >= 11 is 6.12. The van der Waals surface area contributed by atoms with Crippen molar-refractivity contribution in [2.24, 2.45) is 0 Å². The Morgan fingerprint density at radius 2 is 2.07 bits per heavy atom. The molecule has 0 saturated heterocycles. The Kier molecular flexibility index (Phi) is 4.98. The maximum absolute atomic E-state index is 12.6. The van der Waals surface area contributed by atoms with Gasteiger partial charge in [-0.1, -0.05) is 35.9 Å². The van der Waals surface area contributed by atoms with E-state index in [9.17, 15) is 9.59 Å². The summed E-state index contributed by atoms with van der Waals surface area (Å²) in [5, 5.41) is 10.8. The molecule has 3 aromatic rings. The minimum Gasteiger partial charge on any atom is -0.495 e. The third kappa shape index (κ3) is 3.56. The first-order valence-electron chi connectivity index (χ1n) is 9.06. The number of fused-ring (bicyclic) bond motifs is 1. The SMILES string of the molecule is COc1ccccc1NC(=O)CC1C(=O)Nc2c(-c3cccc(Cl)c3)c(C)nn21. The molecule has 0 bridgehead atoms. The smallest absolute Gasteiger partial charge is 0.251 e. The predicted octanol–water partition coefficient (Wildman–Crippen LogP) is 4.04. The summed E-state index contributed by atoms with van der Waals surface area (Å²) < 4.78 is 6.83. The van der Waals surface area contributed by atoms with E-state index in [0.29, 0.717) is 22.3 Å². The highest BCUT2D eigenvalue weighted by molar-refractivity contribution is 6.30. The zero-order valence-corrected chi connectivity index (χ0v) is 16.7. The number of benzene rings is 2. The molecule has 1 aromatic heterocycles. The molecule has 29 heavy (non-hydrogen) atoms. The van der Waals surface area contributed by atoms with Crippen LogP contribution in [-0.2, 0) is 9.59 Å². The minimum absolute atomic E-state index is 0.0486. The van der Waals surface area contributed by atoms with E-state index >= 15 is 0 Å². The number of aryl methyl sites for hydroxylation is 1. The largest absolute Gasteiger partial charge is 0.495 e. The summed E-state index contributed by atoms with van der Waals surface area (Å²) in [4.78, 5) is 25.2. The molecule has 2 N–H and O–H groups in total. The summed E-state index contributed by atoms with van der Waals surface area (Å²) in [6.45, 7) is 1.86. The van der Waals surface area contributed by atoms with Gasteiger partial charge in [0, 0.05) is 10.6 Å². The van der Waals surface area contributed by atoms with Gasteiger partial charge in [-0.2, -0.15) is 5.10 Å². The van der Waals surface area contributed by atoms with Gasteiger partial charge in [0.25, 0.3) is 5.91 Å². The Labute approximate surface area is 172 Å². The summed E-state index contributed by atoms with van der Waals surface area (Å²) in [7, 11) is 1.53. The summed E-state index contributed by atoms with van der Waals surface area (Å²) in [5.74, 6) is 0.548. The van der Waals surface area contributed by atoms with E-state index in [4.69, 9.17) is 16.3 Å². The highest BCUT2D eigenvalue weighted by Gasteiger charge is 2.36. The van der Waals surface area contributed by atoms with Crippen LogP contribution in [0.3, 0.4) is 0 Å². The standard InChI is InChI=1S/C21H19ClN4O3/c1-12-19(13-6-5-7-14(22)10-13)20-24-21(28)16(26(20)25-12)11-18(27)23-15-8-3-4-9-17(15)29-2/h3-10,16H,11H2,1-2H3,(H,23,27)(H,24,28). The Balaban J connectivity index is 1.59. The normalized spacial score (nSPS) is 15.0. The number of nitrogens with one attached hydrogen (secondary N) is 2. The number of hydrogen-bond acceptors (Lipinski definition) is 4. The van der Waals surface area contributed by atoms with Gasteiger partial charge < -0.3 is 15.4 Å². The third-order valence-electron chi connectivity index (χ3n) is 4.80. The van der Waals surface area contributed by atoms with E-state index in [-0.39, 0.29) is 18.2 Å². The van der Waals surface area contributed by atoms with Crippen molar-refractivity contribution in [1.29, 1.82) is 0 Å². The Morgan fingerprint density at radius 1 is 1.28 bits per heavy atom. The second-order valence-electron chi connectivity index (χ2n) is 6.72. The van der Waals surface area contributed by atoms with E-state index in [1.54, 1.807) is 28.9 Å². The first-order chi connectivity index (χ1) is 14.0. The lowest BCUT2D eigenvalue weighted by Gasteiger charge is -2.12. The van der Waals surface area contributed by atoms with Gasteiger partial charge in [0.2, 0.25) is 5.91 Å². The molecule has 148 valence electrons. The van der Waals surface area contributed by atoms with Crippen molar-refractivity contribution < 1.29 is 14.3 Å². The number of rotatable bonds is 5. The van der Waals surface area contributed by atoms with Crippen molar-refractivity contribution in [2.75, 3.05) is 17.7 Å². The Bertz CT molecular complexity index is 1110. The second-order valence-corrected chi connectivity index (χ2v) is 7.16. The number of nitrogens with zero attached hydrogens (tertiary/aromatic N) is 2. The van der Waals surface area contributed by atoms with Gasteiger partial charge in [0.1, 0.15) is 17.6 Å². The fourth-order valence-electron chi connectivity index (χ4n) is 3.50. The molecule has 1 aliphatic rings. The molecule has 1 unspecified atom stereocenters. The van der Waals surface area contributed by atoms with Gasteiger partial charge >= 0.3 is 0 Å². The summed E-state index contributed by atoms with van der Waals surface area (Å²) in [6.07, 6.45) is -0.0486. The lowest BCUT2D eigenvalue weighted by Crippen LogP contribution is -2.24. The quantitative estimate of drug-likeness (QED) is 0.664. The molecule has 8 heteroatoms. The number of para-hydroxylation sites is 2. The van der Waals surface area contributed by atoms with Crippen molar-refractivity contribution in [3.8, 4) is 16.9 Å². The molecule has 7 nitrogen and oxygen atoms in total. The van der Waals surface area contributed by atoms with Crippen LogP contribution in [0.5, 0.6) is 5.75 Å². The average Bonchev–Trinajstić information content (AvgIpc) is 3.16. The maximum atomic E-state index is 12.6. The average molecular weight is 411 g/mol. The molecule has 0 saturated carbocycles. The summed E-state index contributed by atoms with van der Waals surface area (Å²) in [5.41, 5.74) is 2.96. The molecule has 0 radical (unpaired) electrons. The minimum atomic E-state index is -0.730. The van der Waals surface area contributed by atoms with Gasteiger partial charge in [-0.3, -0.25) is 9.59 Å². The van der Waals surface area contributed by atoms with E-state index in [2.05, 4.69) is 15.7 Å². The monoisotopic (exact) mass is 410 g/mol. The number of carbonyl (C=O) groups is 2. The topological polar surface area (TPSA) is 85.2 Å². The van der Waals surface area contributed by atoms with Crippen molar-refractivity contribution in [3.05, 3.63) is 59.2 Å². The van der Waals surface area contributed by atoms with Gasteiger partial charge in [-0.15, -0.1) is 0 Å². The van der Waals surface area contributed by atoms with Crippen LogP contribution in [0.25, 0.3) is 11.1 Å². The fourth-order valence-corrected chi connectivity index (χ4v) is 3.69. The van der Waals surface area contributed by atoms with Crippen LogP contribution < -0.4 is 15.4 Å². The summed E-state index contributed by atoms with van der Waals surface area (Å²) in [6, 6.07) is 13.7. The lowest BCUT2D eigenvalue weighted by molar-refractivity contribution is -0.123. The third-order valence-corrected chi connectivity index (χ3v) is 5.03. The van der Waals surface area contributed by atoms with Crippen LogP contribution in [0, 0.1) is 6.92 Å². The fraction of sp³-hybridized carbons (Fsp3) is 0.190. The van der Waals surface area contributed by atoms with Crippen molar-refractivity contribution in [2.45, 2.75) is 19.4 Å². The number of carbonyl (C=O) groups excluding carboxylic acids is 2. The van der Waals surface area contributed by atoms with Crippen LogP contribution in [-0.4, -0.2) is 28.7 Å². The Morgan fingerprint density at radius 3 is 2.83 bits per heavy atom. The molecule has 0 aliphatic carbocycles. The molecule has 0 spiro atoms. The maximum Gasteiger partial charge on any atom is 0.251 e. The molecular formula is C21H19ClN4O3. The van der Waals surface area contributed by atoms with Gasteiger partial charge in [0.15, 0.2) is 0 Å². The van der Waals surface area contributed by atoms with Crippen LogP contribution in [0.4, 0.5) is 11.5 Å². The highest BCUT2D eigenvalue weighted by atomic mass is 35.5. The zero-order valence-electron chi connectivity index (χ0n) is 15.9. The first kappa shape index (κ1) is 19.0. The Hall–Kier alpha value is -3.32. The first-order valence-corrected chi connectivity index (χ1v) is 9.44. The van der Waals surface area contributed by atoms with Crippen LogP contribution in [0.1, 0.15) is 18.2 Å². The molecule has 2 amide bonds. The van der Waals surface area contributed by atoms with Crippen molar-refractivity contribution in [3.63, 3.8) is 0 Å². The number of methoxy groups -OCH3 is 1. The predicted molar refractivity (Wildman–Crippen MR) is 111 cm³/mol. The highest BCUT2D eigenvalue weighted by Crippen LogP contribution is 2.39. The van der Waals surface area contributed by atoms with Crippen LogP contribution in [0.15, 0.2) is 48.5 Å². The molecule has 1 aliphatic heterocycles. The molecule has 0 fully saturated rings. The van der Waals surface area contributed by atoms with Crippen LogP contribution >= 0.6 is 11.6 Å². The van der Waals surface area contributed by atoms with E-state index < -0.39 is 6.04 Å². The second kappa shape index (κ2) is 7.60. The van der Waals surface area contributed by atoms with E-state index in [1.165, 1.54) is 7.11 Å².